The quantitative estimate of drug-likeness (QED) is 0.469. The average molecular weight is 386 g/mol. The number of halogens is 3. The second-order valence-electron chi connectivity index (χ2n) is 4.91. The molecule has 0 saturated carbocycles. The van der Waals surface area contributed by atoms with Crippen LogP contribution in [-0.4, -0.2) is 0 Å². The van der Waals surface area contributed by atoms with Crippen LogP contribution < -0.4 is 37.2 Å². The van der Waals surface area contributed by atoms with Crippen LogP contribution in [0.3, 0.4) is 0 Å². The molecular weight excluding hydrogens is 370 g/mol. The normalized spacial score (nSPS) is 14.0. The number of allylic oxidation sites excluding steroid dienone is 4. The molecule has 0 unspecified atom stereocenters. The van der Waals surface area contributed by atoms with Gasteiger partial charge in [0.2, 0.25) is 0 Å². The molecule has 0 spiro atoms. The third-order valence-electron chi connectivity index (χ3n) is 3.60. The van der Waals surface area contributed by atoms with Crippen molar-refractivity contribution in [1.29, 1.82) is 0 Å². The number of hydrogen-bond acceptors (Lipinski definition) is 0. The molecule has 2 aromatic rings. The maximum atomic E-state index is 2.30. The standard InChI is InChI=1S/C18H15.3ClH.Ti/c1-3-9-15(10-4-1)18(17-13-7-8-14-17)16-11-5-2-6-12-16;;;;/h1-14,18H;3*1H;/q;;;;+3/p-3. The minimum atomic E-state index is 0. The Hall–Kier alpha value is -0.496. The second kappa shape index (κ2) is 9.60. The molecule has 3 rings (SSSR count). The Kier molecular flexibility index (Phi) is 9.38. The van der Waals surface area contributed by atoms with Gasteiger partial charge in [-0.3, -0.25) is 0 Å². The summed E-state index contributed by atoms with van der Waals surface area (Å²) >= 11 is 2.30. The van der Waals surface area contributed by atoms with Crippen LogP contribution in [0.25, 0.3) is 0 Å². The molecule has 4 heteroatoms. The van der Waals surface area contributed by atoms with Gasteiger partial charge in [-0.2, -0.15) is 0 Å². The average Bonchev–Trinajstić information content (AvgIpc) is 2.89. The summed E-state index contributed by atoms with van der Waals surface area (Å²) in [6, 6.07) is 21.5. The summed E-state index contributed by atoms with van der Waals surface area (Å²) in [5.74, 6) is 0.366. The Labute approximate surface area is 162 Å². The summed E-state index contributed by atoms with van der Waals surface area (Å²) < 4.78 is 0.0582. The van der Waals surface area contributed by atoms with Crippen LogP contribution in [0.1, 0.15) is 17.0 Å². The Bertz CT molecular complexity index is 557. The molecule has 0 aromatic heterocycles. The fourth-order valence-corrected chi connectivity index (χ4v) is 3.53. The molecule has 0 radical (unpaired) electrons. The molecule has 2 aromatic carbocycles. The van der Waals surface area contributed by atoms with E-state index in [2.05, 4.69) is 105 Å². The molecule has 112 valence electrons. The molecule has 0 aliphatic heterocycles. The van der Waals surface area contributed by atoms with Gasteiger partial charge < -0.3 is 37.2 Å². The van der Waals surface area contributed by atoms with Gasteiger partial charge in [0.05, 0.1) is 0 Å². The van der Waals surface area contributed by atoms with Gasteiger partial charge in [-0.25, -0.2) is 0 Å². The van der Waals surface area contributed by atoms with Crippen molar-refractivity contribution in [3.05, 3.63) is 96.1 Å². The van der Waals surface area contributed by atoms with E-state index in [4.69, 9.17) is 0 Å². The number of rotatable bonds is 3. The zero-order valence-electron chi connectivity index (χ0n) is 11.8. The van der Waals surface area contributed by atoms with E-state index in [0.29, 0.717) is 5.92 Å². The predicted molar refractivity (Wildman–Crippen MR) is 75.7 cm³/mol. The molecule has 0 fully saturated rings. The van der Waals surface area contributed by atoms with Gasteiger partial charge in [0, 0.05) is 0 Å². The summed E-state index contributed by atoms with van der Waals surface area (Å²) in [4.78, 5) is 0. The maximum absolute atomic E-state index is 2.30. The first-order chi connectivity index (χ1) is 9.30. The van der Waals surface area contributed by atoms with Crippen molar-refractivity contribution in [2.45, 2.75) is 9.64 Å². The Morgan fingerprint density at radius 2 is 1.00 bits per heavy atom. The van der Waals surface area contributed by atoms with Crippen molar-refractivity contribution in [3.63, 3.8) is 0 Å². The van der Waals surface area contributed by atoms with E-state index in [-0.39, 0.29) is 40.9 Å². The van der Waals surface area contributed by atoms with Gasteiger partial charge >= 0.3 is 126 Å². The van der Waals surface area contributed by atoms with Crippen LogP contribution in [0.5, 0.6) is 0 Å². The number of hydrogen-bond donors (Lipinski definition) is 0. The molecule has 1 aliphatic carbocycles. The van der Waals surface area contributed by atoms with Crippen molar-refractivity contribution in [3.8, 4) is 0 Å². The molecular formula is C18H15Cl3Ti. The summed E-state index contributed by atoms with van der Waals surface area (Å²) in [5, 5.41) is 0. The Morgan fingerprint density at radius 1 is 0.636 bits per heavy atom. The van der Waals surface area contributed by atoms with E-state index in [9.17, 15) is 0 Å². The topological polar surface area (TPSA) is 0 Å². The molecule has 0 atom stereocenters. The molecule has 0 N–H and O–H groups in total. The molecule has 22 heavy (non-hydrogen) atoms. The first-order valence-corrected chi connectivity index (χ1v) is 7.30. The van der Waals surface area contributed by atoms with E-state index in [1.54, 1.807) is 0 Å². The van der Waals surface area contributed by atoms with Crippen molar-refractivity contribution < 1.29 is 57.7 Å². The third-order valence-corrected chi connectivity index (χ3v) is 4.57. The van der Waals surface area contributed by atoms with Gasteiger partial charge in [-0.1, -0.05) is 0 Å². The van der Waals surface area contributed by atoms with Crippen molar-refractivity contribution in [2.24, 2.45) is 0 Å². The van der Waals surface area contributed by atoms with E-state index in [1.807, 2.05) is 0 Å². The fraction of sp³-hybridized carbons (Fsp3) is 0.111. The summed E-state index contributed by atoms with van der Waals surface area (Å²) in [6.45, 7) is 0. The van der Waals surface area contributed by atoms with Crippen LogP contribution in [0.2, 0.25) is 3.72 Å². The second-order valence-corrected chi connectivity index (χ2v) is 6.26. The van der Waals surface area contributed by atoms with Crippen molar-refractivity contribution in [1.82, 2.24) is 0 Å². The van der Waals surface area contributed by atoms with Gasteiger partial charge in [0.1, 0.15) is 0 Å². The van der Waals surface area contributed by atoms with Gasteiger partial charge in [-0.05, 0) is 0 Å². The van der Waals surface area contributed by atoms with Crippen LogP contribution >= 0.6 is 0 Å². The molecule has 0 amide bonds. The predicted octanol–water partition coefficient (Wildman–Crippen LogP) is -4.34. The minimum absolute atomic E-state index is 0. The molecule has 0 nitrogen and oxygen atoms in total. The molecule has 0 heterocycles. The SMILES string of the molecule is [Cl-].[Cl-].[Cl-].[Ti+3][C]1(C(c2ccccc2)c2ccccc2)C=CC=C1. The number of benzene rings is 2. The van der Waals surface area contributed by atoms with Crippen LogP contribution in [0, 0.1) is 0 Å². The van der Waals surface area contributed by atoms with E-state index >= 15 is 0 Å². The first kappa shape index (κ1) is 21.5. The summed E-state index contributed by atoms with van der Waals surface area (Å²) in [7, 11) is 0. The zero-order valence-corrected chi connectivity index (χ0v) is 15.6. The summed E-state index contributed by atoms with van der Waals surface area (Å²) in [5.41, 5.74) is 2.74. The summed E-state index contributed by atoms with van der Waals surface area (Å²) in [6.07, 6.45) is 8.91. The van der Waals surface area contributed by atoms with E-state index in [0.717, 1.165) is 0 Å². The first-order valence-electron chi connectivity index (χ1n) is 6.51. The van der Waals surface area contributed by atoms with Crippen LogP contribution in [-0.2, 0) is 20.4 Å². The zero-order chi connectivity index (χ0) is 13.1. The third kappa shape index (κ3) is 4.50. The Balaban J connectivity index is 0.00000147. The van der Waals surface area contributed by atoms with Gasteiger partial charge in [-0.15, -0.1) is 0 Å². The van der Waals surface area contributed by atoms with Crippen molar-refractivity contribution in [2.75, 3.05) is 0 Å². The van der Waals surface area contributed by atoms with Gasteiger partial charge in [0.15, 0.2) is 0 Å². The molecule has 0 saturated heterocycles. The van der Waals surface area contributed by atoms with Gasteiger partial charge in [0.25, 0.3) is 0 Å². The molecule has 0 bridgehead atoms. The van der Waals surface area contributed by atoms with Crippen LogP contribution in [0.15, 0.2) is 85.0 Å². The van der Waals surface area contributed by atoms with E-state index in [1.165, 1.54) is 11.1 Å². The Morgan fingerprint density at radius 3 is 1.36 bits per heavy atom. The van der Waals surface area contributed by atoms with Crippen LogP contribution in [0.4, 0.5) is 0 Å². The molecule has 1 aliphatic rings. The monoisotopic (exact) mass is 384 g/mol. The fourth-order valence-electron chi connectivity index (χ4n) is 2.71. The van der Waals surface area contributed by atoms with E-state index < -0.39 is 0 Å². The van der Waals surface area contributed by atoms with Crippen molar-refractivity contribution >= 4 is 0 Å².